The fraction of sp³-hybridized carbons (Fsp3) is 0.222. The van der Waals surface area contributed by atoms with Gasteiger partial charge in [-0.05, 0) is 35.9 Å². The molecule has 2 rings (SSSR count). The van der Waals surface area contributed by atoms with Gasteiger partial charge < -0.3 is 15.8 Å². The predicted molar refractivity (Wildman–Crippen MR) is 95.9 cm³/mol. The molecule has 0 aliphatic carbocycles. The maximum Gasteiger partial charge on any atom is 0.416 e. The van der Waals surface area contributed by atoms with Gasteiger partial charge in [0.05, 0.1) is 18.2 Å². The Morgan fingerprint density at radius 1 is 1.14 bits per heavy atom. The lowest BCUT2D eigenvalue weighted by Crippen LogP contribution is -2.45. The van der Waals surface area contributed by atoms with Crippen molar-refractivity contribution in [2.45, 2.75) is 12.7 Å². The minimum atomic E-state index is -4.64. The maximum atomic E-state index is 12.8. The minimum Gasteiger partial charge on any atom is -0.497 e. The molecule has 150 valence electrons. The Labute approximate surface area is 159 Å². The van der Waals surface area contributed by atoms with Crippen LogP contribution in [0.4, 0.5) is 18.9 Å². The smallest absolute Gasteiger partial charge is 0.416 e. The summed E-state index contributed by atoms with van der Waals surface area (Å²) in [5.41, 5.74) is 4.72. The maximum absolute atomic E-state index is 12.8. The number of rotatable bonds is 6. The lowest BCUT2D eigenvalue weighted by molar-refractivity contribution is -0.137. The number of nitrogen functional groups attached to an aromatic ring is 1. The number of ether oxygens (including phenoxy) is 1. The zero-order valence-corrected chi connectivity index (χ0v) is 14.9. The van der Waals surface area contributed by atoms with Gasteiger partial charge in [-0.3, -0.25) is 14.6 Å². The third-order valence-corrected chi connectivity index (χ3v) is 3.83. The third kappa shape index (κ3) is 5.36. The number of carbonyl (C=O) groups is 2. The van der Waals surface area contributed by atoms with E-state index in [4.69, 9.17) is 16.3 Å². The first-order valence-corrected chi connectivity index (χ1v) is 8.04. The van der Waals surface area contributed by atoms with Crippen molar-refractivity contribution in [3.63, 3.8) is 0 Å². The van der Waals surface area contributed by atoms with Crippen LogP contribution < -0.4 is 21.6 Å². The van der Waals surface area contributed by atoms with E-state index in [0.717, 1.165) is 17.7 Å². The molecule has 0 unspecified atom stereocenters. The lowest BCUT2D eigenvalue weighted by Gasteiger charge is -2.18. The SMILES string of the molecule is COc1ccc(CNC(=O)CN(N)C(=O)c2cc(C(F)(F)F)ccc2N)cc1. The van der Waals surface area contributed by atoms with Gasteiger partial charge >= 0.3 is 6.18 Å². The Hall–Kier alpha value is -3.27. The summed E-state index contributed by atoms with van der Waals surface area (Å²) in [6.45, 7) is -0.374. The Morgan fingerprint density at radius 2 is 1.79 bits per heavy atom. The number of carbonyl (C=O) groups excluding carboxylic acids is 2. The second-order valence-corrected chi connectivity index (χ2v) is 5.86. The summed E-state index contributed by atoms with van der Waals surface area (Å²) >= 11 is 0. The van der Waals surface area contributed by atoms with Crippen molar-refractivity contribution >= 4 is 17.5 Å². The largest absolute Gasteiger partial charge is 0.497 e. The summed E-state index contributed by atoms with van der Waals surface area (Å²) in [6.07, 6.45) is -4.64. The van der Waals surface area contributed by atoms with E-state index >= 15 is 0 Å². The number of halogens is 3. The zero-order valence-electron chi connectivity index (χ0n) is 14.9. The zero-order chi connectivity index (χ0) is 20.9. The Kier molecular flexibility index (Phi) is 6.47. The van der Waals surface area contributed by atoms with Crippen molar-refractivity contribution in [3.8, 4) is 5.75 Å². The molecule has 0 aromatic heterocycles. The van der Waals surface area contributed by atoms with Crippen molar-refractivity contribution in [1.29, 1.82) is 0 Å². The Balaban J connectivity index is 1.98. The van der Waals surface area contributed by atoms with E-state index in [-0.39, 0.29) is 12.2 Å². The molecule has 7 nitrogen and oxygen atoms in total. The summed E-state index contributed by atoms with van der Waals surface area (Å²) < 4.78 is 43.5. The highest BCUT2D eigenvalue weighted by Crippen LogP contribution is 2.31. The van der Waals surface area contributed by atoms with Gasteiger partial charge in [-0.25, -0.2) is 5.84 Å². The second-order valence-electron chi connectivity index (χ2n) is 5.86. The highest BCUT2D eigenvalue weighted by atomic mass is 19.4. The molecule has 0 atom stereocenters. The molecule has 0 saturated heterocycles. The molecule has 0 aliphatic rings. The number of nitrogens with zero attached hydrogens (tertiary/aromatic N) is 1. The molecule has 2 aromatic rings. The standard InChI is InChI=1S/C18H19F3N4O3/c1-28-13-5-2-11(3-6-13)9-24-16(26)10-25(23)17(27)14-8-12(18(19,20)21)4-7-15(14)22/h2-8H,9-10,22-23H2,1H3,(H,24,26). The predicted octanol–water partition coefficient (Wildman–Crippen LogP) is 1.93. The van der Waals surface area contributed by atoms with Crippen LogP contribution >= 0.6 is 0 Å². The molecular weight excluding hydrogens is 377 g/mol. The average Bonchev–Trinajstić information content (AvgIpc) is 2.65. The molecule has 0 heterocycles. The number of nitrogens with two attached hydrogens (primary N) is 2. The molecule has 0 fully saturated rings. The van der Waals surface area contributed by atoms with Crippen LogP contribution in [0.5, 0.6) is 5.75 Å². The van der Waals surface area contributed by atoms with Crippen LogP contribution in [0.2, 0.25) is 0 Å². The number of hydrogen-bond acceptors (Lipinski definition) is 5. The van der Waals surface area contributed by atoms with E-state index in [1.807, 2.05) is 0 Å². The topological polar surface area (TPSA) is 111 Å². The number of benzene rings is 2. The number of nitrogens with one attached hydrogen (secondary N) is 1. The van der Waals surface area contributed by atoms with E-state index in [0.29, 0.717) is 16.8 Å². The highest BCUT2D eigenvalue weighted by molar-refractivity contribution is 6.00. The summed E-state index contributed by atoms with van der Waals surface area (Å²) in [5.74, 6) is 4.63. The van der Waals surface area contributed by atoms with Crippen molar-refractivity contribution in [3.05, 3.63) is 59.2 Å². The monoisotopic (exact) mass is 396 g/mol. The van der Waals surface area contributed by atoms with Gasteiger partial charge in [-0.15, -0.1) is 0 Å². The molecule has 0 spiro atoms. The number of alkyl halides is 3. The summed E-state index contributed by atoms with van der Waals surface area (Å²) in [6, 6.07) is 9.25. The fourth-order valence-electron chi connectivity index (χ4n) is 2.30. The molecule has 0 radical (unpaired) electrons. The fourth-order valence-corrected chi connectivity index (χ4v) is 2.30. The normalized spacial score (nSPS) is 11.0. The molecule has 2 aromatic carbocycles. The van der Waals surface area contributed by atoms with E-state index in [2.05, 4.69) is 5.32 Å². The average molecular weight is 396 g/mol. The van der Waals surface area contributed by atoms with Gasteiger partial charge in [0.2, 0.25) is 5.91 Å². The van der Waals surface area contributed by atoms with Crippen LogP contribution in [-0.2, 0) is 17.5 Å². The molecule has 28 heavy (non-hydrogen) atoms. The van der Waals surface area contributed by atoms with E-state index in [1.165, 1.54) is 7.11 Å². The summed E-state index contributed by atoms with van der Waals surface area (Å²) in [7, 11) is 1.53. The quantitative estimate of drug-likeness (QED) is 0.299. The van der Waals surface area contributed by atoms with Gasteiger partial charge in [0.1, 0.15) is 12.3 Å². The van der Waals surface area contributed by atoms with Gasteiger partial charge in [-0.2, -0.15) is 13.2 Å². The van der Waals surface area contributed by atoms with Crippen LogP contribution in [0.1, 0.15) is 21.5 Å². The number of anilines is 1. The highest BCUT2D eigenvalue weighted by Gasteiger charge is 2.32. The third-order valence-electron chi connectivity index (χ3n) is 3.83. The number of hydrazine groups is 1. The lowest BCUT2D eigenvalue weighted by atomic mass is 10.1. The number of hydrogen-bond donors (Lipinski definition) is 3. The molecule has 0 bridgehead atoms. The summed E-state index contributed by atoms with van der Waals surface area (Å²) in [5, 5.41) is 3.07. The van der Waals surface area contributed by atoms with E-state index in [1.54, 1.807) is 24.3 Å². The molecule has 10 heteroatoms. The summed E-state index contributed by atoms with van der Waals surface area (Å²) in [4.78, 5) is 24.3. The molecule has 2 amide bonds. The van der Waals surface area contributed by atoms with Crippen LogP contribution in [0.15, 0.2) is 42.5 Å². The van der Waals surface area contributed by atoms with E-state index in [9.17, 15) is 22.8 Å². The first-order valence-electron chi connectivity index (χ1n) is 8.04. The van der Waals surface area contributed by atoms with Gasteiger partial charge in [-0.1, -0.05) is 12.1 Å². The molecule has 5 N–H and O–H groups in total. The second kappa shape index (κ2) is 8.61. The Morgan fingerprint density at radius 3 is 2.36 bits per heavy atom. The van der Waals surface area contributed by atoms with Crippen LogP contribution in [0, 0.1) is 0 Å². The Bertz CT molecular complexity index is 854. The van der Waals surface area contributed by atoms with Gasteiger partial charge in [0.15, 0.2) is 0 Å². The van der Waals surface area contributed by atoms with Gasteiger partial charge in [0, 0.05) is 12.2 Å². The van der Waals surface area contributed by atoms with Crippen molar-refractivity contribution in [2.75, 3.05) is 19.4 Å². The molecule has 0 saturated carbocycles. The minimum absolute atomic E-state index is 0.174. The van der Waals surface area contributed by atoms with Crippen molar-refractivity contribution in [1.82, 2.24) is 10.3 Å². The molecule has 0 aliphatic heterocycles. The van der Waals surface area contributed by atoms with Crippen LogP contribution in [0.25, 0.3) is 0 Å². The first-order chi connectivity index (χ1) is 13.1. The number of methoxy groups -OCH3 is 1. The van der Waals surface area contributed by atoms with Crippen molar-refractivity contribution < 1.29 is 27.5 Å². The first kappa shape index (κ1) is 21.0. The van der Waals surface area contributed by atoms with Crippen LogP contribution in [0.3, 0.4) is 0 Å². The van der Waals surface area contributed by atoms with E-state index < -0.39 is 35.7 Å². The number of amides is 2. The van der Waals surface area contributed by atoms with Crippen molar-refractivity contribution in [2.24, 2.45) is 5.84 Å². The van der Waals surface area contributed by atoms with Crippen LogP contribution in [-0.4, -0.2) is 30.5 Å². The van der Waals surface area contributed by atoms with Gasteiger partial charge in [0.25, 0.3) is 5.91 Å². The molecular formula is C18H19F3N4O3.